The predicted molar refractivity (Wildman–Crippen MR) is 81.0 cm³/mol. The molecule has 1 unspecified atom stereocenters. The molecule has 0 saturated heterocycles. The molecule has 21 heavy (non-hydrogen) atoms. The van der Waals surface area contributed by atoms with Gasteiger partial charge < -0.3 is 9.47 Å². The monoisotopic (exact) mass is 292 g/mol. The molecule has 0 heterocycles. The standard InChI is InChI=1S/C17H24O4/c1-3-5-9-12-20-16(18)13-15(4-2)21-17(19)14-10-7-6-8-11-14/h6-8,10-11,15H,3-5,9,12-13H2,1-2H3. The first-order chi connectivity index (χ1) is 10.2. The highest BCUT2D eigenvalue weighted by Crippen LogP contribution is 2.10. The molecule has 0 amide bonds. The molecular formula is C17H24O4. The van der Waals surface area contributed by atoms with Crippen LogP contribution in [0.4, 0.5) is 0 Å². The highest BCUT2D eigenvalue weighted by atomic mass is 16.6. The Morgan fingerprint density at radius 2 is 1.81 bits per heavy atom. The van der Waals surface area contributed by atoms with Crippen molar-refractivity contribution in [1.29, 1.82) is 0 Å². The van der Waals surface area contributed by atoms with Gasteiger partial charge in [-0.25, -0.2) is 4.79 Å². The zero-order valence-electron chi connectivity index (χ0n) is 12.8. The molecule has 0 aromatic heterocycles. The van der Waals surface area contributed by atoms with Crippen LogP contribution in [0.2, 0.25) is 0 Å². The van der Waals surface area contributed by atoms with Crippen LogP contribution in [0.1, 0.15) is 56.3 Å². The molecule has 1 aromatic carbocycles. The Labute approximate surface area is 126 Å². The number of unbranched alkanes of at least 4 members (excludes halogenated alkanes) is 2. The molecule has 0 aliphatic rings. The molecule has 0 radical (unpaired) electrons. The molecule has 0 fully saturated rings. The molecule has 1 atom stereocenters. The maximum absolute atomic E-state index is 11.9. The minimum absolute atomic E-state index is 0.112. The molecule has 1 rings (SSSR count). The van der Waals surface area contributed by atoms with Gasteiger partial charge in [-0.15, -0.1) is 0 Å². The zero-order valence-corrected chi connectivity index (χ0v) is 12.8. The highest BCUT2D eigenvalue weighted by Gasteiger charge is 2.18. The number of esters is 2. The summed E-state index contributed by atoms with van der Waals surface area (Å²) in [7, 11) is 0. The van der Waals surface area contributed by atoms with Gasteiger partial charge in [-0.1, -0.05) is 44.9 Å². The average Bonchev–Trinajstić information content (AvgIpc) is 2.51. The number of carbonyl (C=O) groups excluding carboxylic acids is 2. The van der Waals surface area contributed by atoms with Gasteiger partial charge in [-0.3, -0.25) is 4.79 Å². The van der Waals surface area contributed by atoms with E-state index in [1.807, 2.05) is 13.0 Å². The van der Waals surface area contributed by atoms with Crippen molar-refractivity contribution in [3.63, 3.8) is 0 Å². The van der Waals surface area contributed by atoms with Gasteiger partial charge in [0, 0.05) is 0 Å². The summed E-state index contributed by atoms with van der Waals surface area (Å²) in [6.07, 6.45) is 3.28. The van der Waals surface area contributed by atoms with Crippen molar-refractivity contribution in [1.82, 2.24) is 0 Å². The fourth-order valence-corrected chi connectivity index (χ4v) is 1.85. The quantitative estimate of drug-likeness (QED) is 0.514. The topological polar surface area (TPSA) is 52.6 Å². The summed E-state index contributed by atoms with van der Waals surface area (Å²) in [4.78, 5) is 23.6. The number of carbonyl (C=O) groups is 2. The van der Waals surface area contributed by atoms with E-state index in [-0.39, 0.29) is 12.4 Å². The summed E-state index contributed by atoms with van der Waals surface area (Å²) in [6.45, 7) is 4.42. The molecule has 0 N–H and O–H groups in total. The SMILES string of the molecule is CCCCCOC(=O)CC(CC)OC(=O)c1ccccc1. The second kappa shape index (κ2) is 9.97. The average molecular weight is 292 g/mol. The maximum Gasteiger partial charge on any atom is 0.338 e. The summed E-state index contributed by atoms with van der Waals surface area (Å²) in [6, 6.07) is 8.77. The molecule has 4 heteroatoms. The van der Waals surface area contributed by atoms with Crippen LogP contribution in [-0.2, 0) is 14.3 Å². The number of hydrogen-bond acceptors (Lipinski definition) is 4. The minimum Gasteiger partial charge on any atom is -0.466 e. The fraction of sp³-hybridized carbons (Fsp3) is 0.529. The molecule has 0 bridgehead atoms. The van der Waals surface area contributed by atoms with Gasteiger partial charge in [0.25, 0.3) is 0 Å². The van der Waals surface area contributed by atoms with Crippen LogP contribution in [0, 0.1) is 0 Å². The lowest BCUT2D eigenvalue weighted by molar-refractivity contribution is -0.146. The third-order valence-electron chi connectivity index (χ3n) is 3.14. The van der Waals surface area contributed by atoms with E-state index in [0.717, 1.165) is 19.3 Å². The second-order valence-corrected chi connectivity index (χ2v) is 4.93. The Morgan fingerprint density at radius 1 is 1.10 bits per heavy atom. The van der Waals surface area contributed by atoms with E-state index in [1.165, 1.54) is 0 Å². The molecular weight excluding hydrogens is 268 g/mol. The zero-order chi connectivity index (χ0) is 15.5. The summed E-state index contributed by atoms with van der Waals surface area (Å²) in [5, 5.41) is 0. The number of hydrogen-bond donors (Lipinski definition) is 0. The van der Waals surface area contributed by atoms with Crippen molar-refractivity contribution in [3.8, 4) is 0 Å². The van der Waals surface area contributed by atoms with Gasteiger partial charge in [-0.2, -0.15) is 0 Å². The van der Waals surface area contributed by atoms with Gasteiger partial charge in [0.15, 0.2) is 0 Å². The Balaban J connectivity index is 2.37. The van der Waals surface area contributed by atoms with Gasteiger partial charge in [-0.05, 0) is 25.0 Å². The Kier molecular flexibility index (Phi) is 8.17. The van der Waals surface area contributed by atoms with Crippen LogP contribution in [0.5, 0.6) is 0 Å². The van der Waals surface area contributed by atoms with Crippen molar-refractivity contribution in [3.05, 3.63) is 35.9 Å². The van der Waals surface area contributed by atoms with Crippen LogP contribution in [-0.4, -0.2) is 24.6 Å². The van der Waals surface area contributed by atoms with Gasteiger partial charge >= 0.3 is 11.9 Å². The maximum atomic E-state index is 11.9. The lowest BCUT2D eigenvalue weighted by Gasteiger charge is -2.15. The first-order valence-corrected chi connectivity index (χ1v) is 7.59. The normalized spacial score (nSPS) is 11.7. The van der Waals surface area contributed by atoms with Crippen molar-refractivity contribution in [2.24, 2.45) is 0 Å². The predicted octanol–water partition coefficient (Wildman–Crippen LogP) is 3.75. The van der Waals surface area contributed by atoms with Crippen molar-refractivity contribution in [2.75, 3.05) is 6.61 Å². The summed E-state index contributed by atoms with van der Waals surface area (Å²) >= 11 is 0. The molecule has 4 nitrogen and oxygen atoms in total. The van der Waals surface area contributed by atoms with Crippen LogP contribution < -0.4 is 0 Å². The first kappa shape index (κ1) is 17.2. The second-order valence-electron chi connectivity index (χ2n) is 4.93. The number of rotatable bonds is 9. The van der Waals surface area contributed by atoms with Gasteiger partial charge in [0.2, 0.25) is 0 Å². The van der Waals surface area contributed by atoms with Gasteiger partial charge in [0.05, 0.1) is 18.6 Å². The number of ether oxygens (including phenoxy) is 2. The van der Waals surface area contributed by atoms with Crippen molar-refractivity contribution in [2.45, 2.75) is 52.1 Å². The first-order valence-electron chi connectivity index (χ1n) is 7.59. The van der Waals surface area contributed by atoms with E-state index in [2.05, 4.69) is 6.92 Å². The van der Waals surface area contributed by atoms with Crippen LogP contribution in [0.3, 0.4) is 0 Å². The highest BCUT2D eigenvalue weighted by molar-refractivity contribution is 5.89. The molecule has 0 aliphatic heterocycles. The third kappa shape index (κ3) is 6.93. The van der Waals surface area contributed by atoms with E-state index < -0.39 is 12.1 Å². The molecule has 0 saturated carbocycles. The number of benzene rings is 1. The molecule has 116 valence electrons. The van der Waals surface area contributed by atoms with Crippen LogP contribution in [0.25, 0.3) is 0 Å². The largest absolute Gasteiger partial charge is 0.466 e. The van der Waals surface area contributed by atoms with E-state index in [0.29, 0.717) is 18.6 Å². The summed E-state index contributed by atoms with van der Waals surface area (Å²) in [5.74, 6) is -0.708. The molecule has 1 aromatic rings. The minimum atomic E-state index is -0.434. The third-order valence-corrected chi connectivity index (χ3v) is 3.14. The van der Waals surface area contributed by atoms with Crippen molar-refractivity contribution < 1.29 is 19.1 Å². The van der Waals surface area contributed by atoms with E-state index in [1.54, 1.807) is 24.3 Å². The fourth-order valence-electron chi connectivity index (χ4n) is 1.85. The smallest absolute Gasteiger partial charge is 0.338 e. The summed E-state index contributed by atoms with van der Waals surface area (Å²) in [5.41, 5.74) is 0.493. The Hall–Kier alpha value is -1.84. The van der Waals surface area contributed by atoms with E-state index in [4.69, 9.17) is 9.47 Å². The Bertz CT molecular complexity index is 428. The summed E-state index contributed by atoms with van der Waals surface area (Å²) < 4.78 is 10.5. The van der Waals surface area contributed by atoms with Gasteiger partial charge in [0.1, 0.15) is 6.10 Å². The van der Waals surface area contributed by atoms with Crippen LogP contribution >= 0.6 is 0 Å². The van der Waals surface area contributed by atoms with Crippen LogP contribution in [0.15, 0.2) is 30.3 Å². The Morgan fingerprint density at radius 3 is 2.43 bits per heavy atom. The lowest BCUT2D eigenvalue weighted by Crippen LogP contribution is -2.22. The molecule has 0 spiro atoms. The molecule has 0 aliphatic carbocycles. The van der Waals surface area contributed by atoms with E-state index in [9.17, 15) is 9.59 Å². The van der Waals surface area contributed by atoms with E-state index >= 15 is 0 Å². The lowest BCUT2D eigenvalue weighted by atomic mass is 10.2. The van der Waals surface area contributed by atoms with Crippen molar-refractivity contribution >= 4 is 11.9 Å².